The van der Waals surface area contributed by atoms with Gasteiger partial charge in [0, 0.05) is 17.7 Å². The van der Waals surface area contributed by atoms with E-state index in [9.17, 15) is 14.7 Å². The van der Waals surface area contributed by atoms with Crippen molar-refractivity contribution >= 4 is 17.4 Å². The molecule has 1 heterocycles. The standard InChI is InChI=1S/C25H29NO4/c1-6-14-26-21(16-10-8-7-9-11-16)20(23(28)24(26)29)22(27)17-12-13-19(30-5)18(15-17)25(2,3)4/h7-13,15,21,27H,6,14H2,1-5H3/b22-20-. The van der Waals surface area contributed by atoms with Crippen LogP contribution >= 0.6 is 0 Å². The quantitative estimate of drug-likeness (QED) is 0.438. The van der Waals surface area contributed by atoms with Crippen molar-refractivity contribution in [3.8, 4) is 5.75 Å². The highest BCUT2D eigenvalue weighted by Crippen LogP contribution is 2.40. The van der Waals surface area contributed by atoms with E-state index in [-0.39, 0.29) is 16.7 Å². The number of rotatable bonds is 5. The Kier molecular flexibility index (Phi) is 6.01. The maximum atomic E-state index is 13.0. The number of methoxy groups -OCH3 is 1. The van der Waals surface area contributed by atoms with Crippen LogP contribution in [0, 0.1) is 0 Å². The number of benzene rings is 2. The molecule has 1 atom stereocenters. The van der Waals surface area contributed by atoms with Crippen LogP contribution in [0.15, 0.2) is 54.1 Å². The zero-order valence-electron chi connectivity index (χ0n) is 18.2. The van der Waals surface area contributed by atoms with Crippen molar-refractivity contribution in [2.24, 2.45) is 0 Å². The van der Waals surface area contributed by atoms with Crippen molar-refractivity contribution in [1.82, 2.24) is 4.90 Å². The highest BCUT2D eigenvalue weighted by molar-refractivity contribution is 6.46. The largest absolute Gasteiger partial charge is 0.507 e. The first-order valence-electron chi connectivity index (χ1n) is 10.2. The van der Waals surface area contributed by atoms with E-state index < -0.39 is 17.7 Å². The van der Waals surface area contributed by atoms with Gasteiger partial charge in [-0.3, -0.25) is 9.59 Å². The summed E-state index contributed by atoms with van der Waals surface area (Å²) in [6.45, 7) is 8.56. The summed E-state index contributed by atoms with van der Waals surface area (Å²) in [5.41, 5.74) is 2.11. The number of hydrogen-bond acceptors (Lipinski definition) is 4. The van der Waals surface area contributed by atoms with Gasteiger partial charge in [0.2, 0.25) is 0 Å². The van der Waals surface area contributed by atoms with Gasteiger partial charge in [-0.15, -0.1) is 0 Å². The van der Waals surface area contributed by atoms with Crippen LogP contribution in [0.5, 0.6) is 5.75 Å². The minimum Gasteiger partial charge on any atom is -0.507 e. The second kappa shape index (κ2) is 8.34. The lowest BCUT2D eigenvalue weighted by molar-refractivity contribution is -0.139. The summed E-state index contributed by atoms with van der Waals surface area (Å²) in [6, 6.07) is 14.1. The van der Waals surface area contributed by atoms with E-state index in [1.165, 1.54) is 0 Å². The molecule has 1 N–H and O–H groups in total. The smallest absolute Gasteiger partial charge is 0.295 e. The number of ketones is 1. The van der Waals surface area contributed by atoms with E-state index in [0.29, 0.717) is 24.3 Å². The Morgan fingerprint density at radius 2 is 1.77 bits per heavy atom. The third kappa shape index (κ3) is 3.84. The summed E-state index contributed by atoms with van der Waals surface area (Å²) in [4.78, 5) is 27.3. The zero-order valence-corrected chi connectivity index (χ0v) is 18.2. The van der Waals surface area contributed by atoms with Crippen molar-refractivity contribution in [2.75, 3.05) is 13.7 Å². The van der Waals surface area contributed by atoms with E-state index >= 15 is 0 Å². The van der Waals surface area contributed by atoms with Gasteiger partial charge >= 0.3 is 0 Å². The van der Waals surface area contributed by atoms with Gasteiger partial charge in [-0.25, -0.2) is 0 Å². The predicted octanol–water partition coefficient (Wildman–Crippen LogP) is 4.82. The zero-order chi connectivity index (χ0) is 22.1. The van der Waals surface area contributed by atoms with Gasteiger partial charge in [0.1, 0.15) is 11.5 Å². The maximum Gasteiger partial charge on any atom is 0.295 e. The first kappa shape index (κ1) is 21.6. The third-order valence-corrected chi connectivity index (χ3v) is 5.40. The third-order valence-electron chi connectivity index (χ3n) is 5.40. The van der Waals surface area contributed by atoms with E-state index in [0.717, 1.165) is 11.1 Å². The van der Waals surface area contributed by atoms with Crippen LogP contribution in [-0.4, -0.2) is 35.4 Å². The van der Waals surface area contributed by atoms with Crippen LogP contribution in [0.3, 0.4) is 0 Å². The summed E-state index contributed by atoms with van der Waals surface area (Å²) in [6.07, 6.45) is 0.715. The Bertz CT molecular complexity index is 986. The van der Waals surface area contributed by atoms with Crippen LogP contribution in [0.1, 0.15) is 56.8 Å². The molecule has 1 fully saturated rings. The Hall–Kier alpha value is -3.08. The lowest BCUT2D eigenvalue weighted by atomic mass is 9.84. The molecule has 30 heavy (non-hydrogen) atoms. The fourth-order valence-corrected chi connectivity index (χ4v) is 3.93. The van der Waals surface area contributed by atoms with Crippen molar-refractivity contribution < 1.29 is 19.4 Å². The van der Waals surface area contributed by atoms with Crippen molar-refractivity contribution in [1.29, 1.82) is 0 Å². The number of nitrogens with zero attached hydrogens (tertiary/aromatic N) is 1. The van der Waals surface area contributed by atoms with Gasteiger partial charge in [-0.05, 0) is 35.6 Å². The number of aliphatic hydroxyl groups excluding tert-OH is 1. The topological polar surface area (TPSA) is 66.8 Å². The number of ether oxygens (including phenoxy) is 1. The second-order valence-electron chi connectivity index (χ2n) is 8.57. The number of carbonyl (C=O) groups is 2. The first-order chi connectivity index (χ1) is 14.2. The molecule has 1 saturated heterocycles. The van der Waals surface area contributed by atoms with E-state index in [1.54, 1.807) is 24.1 Å². The molecule has 1 aliphatic heterocycles. The monoisotopic (exact) mass is 407 g/mol. The van der Waals surface area contributed by atoms with E-state index in [2.05, 4.69) is 20.8 Å². The molecule has 158 valence electrons. The average molecular weight is 408 g/mol. The molecule has 3 rings (SSSR count). The number of hydrogen-bond donors (Lipinski definition) is 1. The molecule has 0 aromatic heterocycles. The number of Topliss-reactive ketones (excluding diaryl/α,β-unsaturated/α-hetero) is 1. The molecule has 1 aliphatic rings. The molecule has 5 heteroatoms. The van der Waals surface area contributed by atoms with Crippen molar-refractivity contribution in [3.05, 3.63) is 70.8 Å². The molecule has 5 nitrogen and oxygen atoms in total. The minimum atomic E-state index is -0.650. The number of aliphatic hydroxyl groups is 1. The Morgan fingerprint density at radius 3 is 2.33 bits per heavy atom. The lowest BCUT2D eigenvalue weighted by Crippen LogP contribution is -2.30. The molecule has 1 unspecified atom stereocenters. The predicted molar refractivity (Wildman–Crippen MR) is 117 cm³/mol. The fourth-order valence-electron chi connectivity index (χ4n) is 3.93. The molecular weight excluding hydrogens is 378 g/mol. The van der Waals surface area contributed by atoms with Crippen LogP contribution in [-0.2, 0) is 15.0 Å². The maximum absolute atomic E-state index is 13.0. The highest BCUT2D eigenvalue weighted by Gasteiger charge is 2.45. The van der Waals surface area contributed by atoms with Crippen LogP contribution in [0.25, 0.3) is 5.76 Å². The molecule has 0 radical (unpaired) electrons. The van der Waals surface area contributed by atoms with Crippen LogP contribution in [0.2, 0.25) is 0 Å². The SMILES string of the molecule is CCCN1C(=O)C(=O)/C(=C(\O)c2ccc(OC)c(C(C)(C)C)c2)C1c1ccccc1. The summed E-state index contributed by atoms with van der Waals surface area (Å²) < 4.78 is 5.48. The summed E-state index contributed by atoms with van der Waals surface area (Å²) in [7, 11) is 1.61. The number of amides is 1. The van der Waals surface area contributed by atoms with E-state index in [1.807, 2.05) is 43.3 Å². The highest BCUT2D eigenvalue weighted by atomic mass is 16.5. The molecule has 0 bridgehead atoms. The normalized spacial score (nSPS) is 18.7. The molecular formula is C25H29NO4. The van der Waals surface area contributed by atoms with Gasteiger partial charge in [0.15, 0.2) is 0 Å². The molecule has 0 spiro atoms. The molecule has 1 amide bonds. The lowest BCUT2D eigenvalue weighted by Gasteiger charge is -2.25. The van der Waals surface area contributed by atoms with Crippen LogP contribution in [0.4, 0.5) is 0 Å². The summed E-state index contributed by atoms with van der Waals surface area (Å²) in [5, 5.41) is 11.2. The molecule has 0 saturated carbocycles. The van der Waals surface area contributed by atoms with Gasteiger partial charge in [-0.2, -0.15) is 0 Å². The first-order valence-corrected chi connectivity index (χ1v) is 10.2. The Balaban J connectivity index is 2.21. The van der Waals surface area contributed by atoms with Gasteiger partial charge < -0.3 is 14.7 Å². The van der Waals surface area contributed by atoms with E-state index in [4.69, 9.17) is 4.74 Å². The Labute approximate surface area is 178 Å². The Morgan fingerprint density at radius 1 is 1.10 bits per heavy atom. The van der Waals surface area contributed by atoms with Gasteiger partial charge in [0.25, 0.3) is 11.7 Å². The van der Waals surface area contributed by atoms with Gasteiger partial charge in [-0.1, -0.05) is 58.0 Å². The minimum absolute atomic E-state index is 0.129. The van der Waals surface area contributed by atoms with Gasteiger partial charge in [0.05, 0.1) is 18.7 Å². The molecule has 0 aliphatic carbocycles. The van der Waals surface area contributed by atoms with Crippen molar-refractivity contribution in [2.45, 2.75) is 45.6 Å². The van der Waals surface area contributed by atoms with Crippen molar-refractivity contribution in [3.63, 3.8) is 0 Å². The van der Waals surface area contributed by atoms with Crippen LogP contribution < -0.4 is 4.74 Å². The average Bonchev–Trinajstić information content (AvgIpc) is 2.98. The molecule has 2 aromatic carbocycles. The summed E-state index contributed by atoms with van der Waals surface area (Å²) >= 11 is 0. The summed E-state index contributed by atoms with van der Waals surface area (Å²) in [5.74, 6) is -0.668. The number of likely N-dealkylation sites (tertiary alicyclic amines) is 1. The molecule has 2 aromatic rings. The second-order valence-corrected chi connectivity index (χ2v) is 8.57. The fraction of sp³-hybridized carbons (Fsp3) is 0.360. The number of carbonyl (C=O) groups excluding carboxylic acids is 2.